The molecule has 1 aliphatic carbocycles. The van der Waals surface area contributed by atoms with Gasteiger partial charge in [-0.25, -0.2) is 8.78 Å². The van der Waals surface area contributed by atoms with Crippen LogP contribution in [0.25, 0.3) is 0 Å². The lowest BCUT2D eigenvalue weighted by Crippen LogP contribution is -2.44. The van der Waals surface area contributed by atoms with E-state index in [1.165, 1.54) is 17.2 Å². The molecule has 6 N–H and O–H groups in total. The highest BCUT2D eigenvalue weighted by Crippen LogP contribution is 2.52. The summed E-state index contributed by atoms with van der Waals surface area (Å²) in [4.78, 5) is 32.9. The van der Waals surface area contributed by atoms with Crippen LogP contribution in [0.5, 0.6) is 0 Å². The summed E-state index contributed by atoms with van der Waals surface area (Å²) >= 11 is 0.941. The fourth-order valence-corrected chi connectivity index (χ4v) is 6.21. The molecule has 2 unspecified atom stereocenters. The number of nitrogens with two attached hydrogens (primary N) is 3. The zero-order chi connectivity index (χ0) is 24.1. The summed E-state index contributed by atoms with van der Waals surface area (Å²) in [6, 6.07) is 3.50. The van der Waals surface area contributed by atoms with Crippen molar-refractivity contribution in [2.24, 2.45) is 17.2 Å². The predicted octanol–water partition coefficient (Wildman–Crippen LogP) is 2.28. The first-order chi connectivity index (χ1) is 16.3. The molecule has 0 spiro atoms. The van der Waals surface area contributed by atoms with Gasteiger partial charge >= 0.3 is 0 Å². The van der Waals surface area contributed by atoms with Gasteiger partial charge in [0.15, 0.2) is 5.78 Å². The summed E-state index contributed by atoms with van der Waals surface area (Å²) in [5.74, 6) is -2.44. The third-order valence-electron chi connectivity index (χ3n) is 6.46. The van der Waals surface area contributed by atoms with E-state index < -0.39 is 22.9 Å². The Morgan fingerprint density at radius 1 is 1.21 bits per heavy atom. The Labute approximate surface area is 199 Å². The molecular weight excluding hydrogens is 462 g/mol. The normalized spacial score (nSPS) is 22.5. The molecule has 5 rings (SSSR count). The van der Waals surface area contributed by atoms with Gasteiger partial charge in [0.25, 0.3) is 5.91 Å². The van der Waals surface area contributed by atoms with E-state index >= 15 is 0 Å². The molecule has 34 heavy (non-hydrogen) atoms. The van der Waals surface area contributed by atoms with Crippen molar-refractivity contribution in [2.75, 3.05) is 22.9 Å². The largest absolute Gasteiger partial charge is 0.392 e. The minimum absolute atomic E-state index is 0.0537. The van der Waals surface area contributed by atoms with Crippen LogP contribution in [0.2, 0.25) is 0 Å². The van der Waals surface area contributed by atoms with Crippen molar-refractivity contribution >= 4 is 34.8 Å². The maximum Gasteiger partial charge on any atom is 0.268 e. The maximum absolute atomic E-state index is 14.9. The first-order valence-electron chi connectivity index (χ1n) is 11.0. The van der Waals surface area contributed by atoms with Gasteiger partial charge in [-0.3, -0.25) is 14.6 Å². The number of thioether (sulfide) groups is 1. The molecule has 8 nitrogen and oxygen atoms in total. The second-order valence-electron chi connectivity index (χ2n) is 8.64. The van der Waals surface area contributed by atoms with Gasteiger partial charge in [0, 0.05) is 31.1 Å². The van der Waals surface area contributed by atoms with E-state index in [-0.39, 0.29) is 28.1 Å². The lowest BCUT2D eigenvalue weighted by Gasteiger charge is -2.38. The molecule has 2 atom stereocenters. The number of pyridine rings is 1. The average molecular weight is 487 g/mol. The fraction of sp³-hybridized carbons (Fsp3) is 0.348. The van der Waals surface area contributed by atoms with Gasteiger partial charge in [-0.1, -0.05) is 17.8 Å². The number of carbonyl (C=O) groups excluding carboxylic acids is 2. The highest BCUT2D eigenvalue weighted by atomic mass is 32.2. The maximum atomic E-state index is 14.9. The summed E-state index contributed by atoms with van der Waals surface area (Å²) in [5.41, 5.74) is 20.0. The van der Waals surface area contributed by atoms with Gasteiger partial charge < -0.3 is 27.0 Å². The topological polar surface area (TPSA) is 132 Å². The van der Waals surface area contributed by atoms with Crippen LogP contribution < -0.4 is 27.0 Å². The minimum atomic E-state index is -1.03. The molecule has 1 aromatic carbocycles. The quantitative estimate of drug-likeness (QED) is 0.600. The molecule has 1 aromatic heterocycles. The SMILES string of the molecule is NC(=O)C1=C(N)SC(c2c(F)cccc2F)N1c1cnc2c(c1N1CCCC(N)C1)CCC2=O. The highest BCUT2D eigenvalue weighted by molar-refractivity contribution is 8.03. The Morgan fingerprint density at radius 2 is 1.94 bits per heavy atom. The molecule has 1 fully saturated rings. The molecular formula is C23H24F2N6O2S. The monoisotopic (exact) mass is 486 g/mol. The number of aromatic nitrogens is 1. The van der Waals surface area contributed by atoms with Crippen LogP contribution in [0, 0.1) is 11.6 Å². The number of anilines is 2. The summed E-state index contributed by atoms with van der Waals surface area (Å²) in [6.07, 6.45) is 3.96. The second-order valence-corrected chi connectivity index (χ2v) is 9.77. The molecule has 178 valence electrons. The third kappa shape index (κ3) is 3.59. The summed E-state index contributed by atoms with van der Waals surface area (Å²) in [7, 11) is 0. The zero-order valence-electron chi connectivity index (χ0n) is 18.3. The van der Waals surface area contributed by atoms with Crippen LogP contribution in [0.1, 0.15) is 46.3 Å². The zero-order valence-corrected chi connectivity index (χ0v) is 19.1. The number of Topliss-reactive ketones (excluding diaryl/α,β-unsaturated/α-hetero) is 1. The number of ketones is 1. The lowest BCUT2D eigenvalue weighted by atomic mass is 10.0. The Balaban J connectivity index is 1.74. The standard InChI is InChI=1S/C23H24F2N6O2S/c24-13-4-1-5-14(25)17(13)23-31(20(21(27)33)22(28)34-23)15-9-29-18-12(6-7-16(18)32)19(15)30-8-2-3-11(26)10-30/h1,4-5,9,11,23H,2-3,6-8,10,26,28H2,(H2,27,33). The van der Waals surface area contributed by atoms with Crippen molar-refractivity contribution in [1.29, 1.82) is 0 Å². The van der Waals surface area contributed by atoms with Crippen molar-refractivity contribution in [1.82, 2.24) is 4.98 Å². The van der Waals surface area contributed by atoms with Crippen LogP contribution in [-0.2, 0) is 11.2 Å². The van der Waals surface area contributed by atoms with E-state index in [9.17, 15) is 18.4 Å². The smallest absolute Gasteiger partial charge is 0.268 e. The van der Waals surface area contributed by atoms with Crippen molar-refractivity contribution in [3.8, 4) is 0 Å². The van der Waals surface area contributed by atoms with Crippen LogP contribution in [0.4, 0.5) is 20.2 Å². The molecule has 1 amide bonds. The van der Waals surface area contributed by atoms with Crippen LogP contribution in [0.15, 0.2) is 35.1 Å². The van der Waals surface area contributed by atoms with Gasteiger partial charge in [-0.15, -0.1) is 0 Å². The molecule has 0 bridgehead atoms. The summed E-state index contributed by atoms with van der Waals surface area (Å²) < 4.78 is 29.8. The molecule has 2 aromatic rings. The van der Waals surface area contributed by atoms with E-state index in [1.54, 1.807) is 0 Å². The van der Waals surface area contributed by atoms with Gasteiger partial charge in [-0.05, 0) is 31.4 Å². The van der Waals surface area contributed by atoms with E-state index in [0.717, 1.165) is 42.3 Å². The van der Waals surface area contributed by atoms with Crippen molar-refractivity contribution in [2.45, 2.75) is 37.1 Å². The van der Waals surface area contributed by atoms with Crippen LogP contribution >= 0.6 is 11.8 Å². The number of fused-ring (bicyclic) bond motifs is 1. The average Bonchev–Trinajstić information content (AvgIpc) is 3.33. The van der Waals surface area contributed by atoms with E-state index in [2.05, 4.69) is 9.88 Å². The van der Waals surface area contributed by atoms with Crippen LogP contribution in [-0.4, -0.2) is 35.8 Å². The molecule has 11 heteroatoms. The van der Waals surface area contributed by atoms with Crippen molar-refractivity contribution in [3.05, 3.63) is 63.6 Å². The number of primary amides is 1. The Kier molecular flexibility index (Phi) is 5.68. The molecule has 1 saturated heterocycles. The molecule has 0 saturated carbocycles. The third-order valence-corrected chi connectivity index (χ3v) is 7.57. The number of halogens is 2. The molecule has 0 radical (unpaired) electrons. The second kappa shape index (κ2) is 8.55. The number of nitrogens with zero attached hydrogens (tertiary/aromatic N) is 3. The van der Waals surface area contributed by atoms with E-state index in [4.69, 9.17) is 17.2 Å². The number of amides is 1. The summed E-state index contributed by atoms with van der Waals surface area (Å²) in [6.45, 7) is 1.21. The van der Waals surface area contributed by atoms with Gasteiger partial charge in [0.05, 0.1) is 28.2 Å². The molecule has 3 aliphatic rings. The Bertz CT molecular complexity index is 1220. The Hall–Kier alpha value is -3.18. The summed E-state index contributed by atoms with van der Waals surface area (Å²) in [5, 5.41) is -0.976. The van der Waals surface area contributed by atoms with Crippen LogP contribution in [0.3, 0.4) is 0 Å². The number of hydrogen-bond acceptors (Lipinski definition) is 8. The predicted molar refractivity (Wildman–Crippen MR) is 126 cm³/mol. The van der Waals surface area contributed by atoms with E-state index in [1.807, 2.05) is 0 Å². The van der Waals surface area contributed by atoms with Gasteiger partial charge in [0.2, 0.25) is 0 Å². The number of rotatable bonds is 4. The van der Waals surface area contributed by atoms with Gasteiger partial charge in [-0.2, -0.15) is 0 Å². The fourth-order valence-electron chi connectivity index (χ4n) is 4.99. The first-order valence-corrected chi connectivity index (χ1v) is 11.9. The van der Waals surface area contributed by atoms with Crippen molar-refractivity contribution < 1.29 is 18.4 Å². The number of benzene rings is 1. The van der Waals surface area contributed by atoms with Gasteiger partial charge in [0.1, 0.15) is 28.4 Å². The Morgan fingerprint density at radius 3 is 2.62 bits per heavy atom. The lowest BCUT2D eigenvalue weighted by molar-refractivity contribution is -0.114. The number of hydrogen-bond donors (Lipinski definition) is 3. The minimum Gasteiger partial charge on any atom is -0.392 e. The van der Waals surface area contributed by atoms with E-state index in [0.29, 0.717) is 43.0 Å². The number of carbonyl (C=O) groups is 2. The highest BCUT2D eigenvalue weighted by Gasteiger charge is 2.42. The molecule has 3 heterocycles. The first kappa shape index (κ1) is 22.6. The molecule has 2 aliphatic heterocycles. The number of piperidine rings is 1. The van der Waals surface area contributed by atoms with Crippen molar-refractivity contribution in [3.63, 3.8) is 0 Å².